The number of benzene rings is 1. The number of nitrogens with one attached hydrogen (secondary N) is 1. The van der Waals surface area contributed by atoms with E-state index in [1.165, 1.54) is 0 Å². The Morgan fingerprint density at radius 1 is 1.09 bits per heavy atom. The maximum atomic E-state index is 14.8. The highest BCUT2D eigenvalue weighted by molar-refractivity contribution is 7.11. The molecular formula is C27H27N3O2S2. The zero-order valence-electron chi connectivity index (χ0n) is 19.5. The van der Waals surface area contributed by atoms with Crippen LogP contribution in [-0.2, 0) is 15.1 Å². The second-order valence-electron chi connectivity index (χ2n) is 9.82. The SMILES string of the molecule is Cc1ccc2c(c1)C1(C(=O)N2)N(C)CC(c2cccs2)C12CN(C)C/C(=C\c1cccs1)C2=O. The summed E-state index contributed by atoms with van der Waals surface area (Å²) in [5.74, 6) is -0.0725. The quantitative estimate of drug-likeness (QED) is 0.536. The molecule has 3 unspecified atom stereocenters. The smallest absolute Gasteiger partial charge is 0.250 e. The van der Waals surface area contributed by atoms with E-state index in [9.17, 15) is 9.59 Å². The molecule has 0 radical (unpaired) electrons. The van der Waals surface area contributed by atoms with E-state index in [2.05, 4.69) is 39.7 Å². The van der Waals surface area contributed by atoms with E-state index < -0.39 is 11.0 Å². The van der Waals surface area contributed by atoms with Gasteiger partial charge in [-0.3, -0.25) is 14.5 Å². The number of hydrogen-bond donors (Lipinski definition) is 1. The summed E-state index contributed by atoms with van der Waals surface area (Å²) >= 11 is 3.31. The van der Waals surface area contributed by atoms with Gasteiger partial charge in [0, 0.05) is 52.1 Å². The molecule has 2 fully saturated rings. The Hall–Kier alpha value is -2.58. The number of ketones is 1. The van der Waals surface area contributed by atoms with Crippen LogP contribution in [-0.4, -0.2) is 55.2 Å². The molecule has 0 aliphatic carbocycles. The van der Waals surface area contributed by atoms with E-state index >= 15 is 0 Å². The lowest BCUT2D eigenvalue weighted by molar-refractivity contribution is -0.146. The summed E-state index contributed by atoms with van der Waals surface area (Å²) in [4.78, 5) is 35.5. The van der Waals surface area contributed by atoms with Crippen LogP contribution in [0.25, 0.3) is 6.08 Å². The Balaban J connectivity index is 1.65. The Bertz CT molecular complexity index is 1310. The molecule has 1 amide bonds. The summed E-state index contributed by atoms with van der Waals surface area (Å²) in [6.45, 7) is 3.80. The van der Waals surface area contributed by atoms with E-state index in [0.717, 1.165) is 32.1 Å². The van der Waals surface area contributed by atoms with E-state index in [4.69, 9.17) is 0 Å². The molecule has 5 heterocycles. The maximum absolute atomic E-state index is 14.8. The molecule has 7 heteroatoms. The Morgan fingerprint density at radius 2 is 1.88 bits per heavy atom. The van der Waals surface area contributed by atoms with Crippen molar-refractivity contribution in [3.63, 3.8) is 0 Å². The van der Waals surface area contributed by atoms with E-state index in [-0.39, 0.29) is 17.6 Å². The van der Waals surface area contributed by atoms with Gasteiger partial charge in [-0.1, -0.05) is 29.8 Å². The van der Waals surface area contributed by atoms with Crippen molar-refractivity contribution >= 4 is 46.1 Å². The highest BCUT2D eigenvalue weighted by atomic mass is 32.1. The number of hydrogen-bond acceptors (Lipinski definition) is 6. The third-order valence-electron chi connectivity index (χ3n) is 7.81. The van der Waals surface area contributed by atoms with Gasteiger partial charge in [-0.05, 0) is 56.1 Å². The number of carbonyl (C=O) groups is 2. The summed E-state index contributed by atoms with van der Waals surface area (Å²) < 4.78 is 0. The molecule has 3 aromatic rings. The first kappa shape index (κ1) is 21.9. The normalized spacial score (nSPS) is 30.6. The lowest BCUT2D eigenvalue weighted by Crippen LogP contribution is -2.65. The maximum Gasteiger partial charge on any atom is 0.250 e. The van der Waals surface area contributed by atoms with Crippen molar-refractivity contribution in [2.45, 2.75) is 18.4 Å². The van der Waals surface area contributed by atoms with E-state index in [1.807, 2.05) is 55.8 Å². The predicted octanol–water partition coefficient (Wildman–Crippen LogP) is 4.58. The Labute approximate surface area is 207 Å². The number of rotatable bonds is 2. The van der Waals surface area contributed by atoms with Gasteiger partial charge in [0.05, 0.1) is 5.41 Å². The number of likely N-dealkylation sites (tertiary alicyclic amines) is 2. The summed E-state index contributed by atoms with van der Waals surface area (Å²) in [6.07, 6.45) is 2.03. The summed E-state index contributed by atoms with van der Waals surface area (Å²) in [5, 5.41) is 7.26. The van der Waals surface area contributed by atoms with Gasteiger partial charge >= 0.3 is 0 Å². The number of carbonyl (C=O) groups excluding carboxylic acids is 2. The fraction of sp³-hybridized carbons (Fsp3) is 0.333. The first-order valence-corrected chi connectivity index (χ1v) is 13.3. The number of likely N-dealkylation sites (N-methyl/N-ethyl adjacent to an activating group) is 2. The number of aryl methyl sites for hydroxylation is 1. The molecule has 2 spiro atoms. The van der Waals surface area contributed by atoms with Gasteiger partial charge < -0.3 is 10.2 Å². The number of anilines is 1. The molecular weight excluding hydrogens is 462 g/mol. The molecule has 1 aromatic carbocycles. The lowest BCUT2D eigenvalue weighted by Gasteiger charge is -2.50. The van der Waals surface area contributed by atoms with Crippen LogP contribution in [0.1, 0.15) is 26.8 Å². The van der Waals surface area contributed by atoms with Crippen LogP contribution in [0, 0.1) is 12.3 Å². The molecule has 2 aromatic heterocycles. The third-order valence-corrected chi connectivity index (χ3v) is 9.62. The van der Waals surface area contributed by atoms with E-state index in [0.29, 0.717) is 19.6 Å². The molecule has 3 aliphatic rings. The van der Waals surface area contributed by atoms with Crippen LogP contribution in [0.2, 0.25) is 0 Å². The number of nitrogens with zero attached hydrogens (tertiary/aromatic N) is 2. The second-order valence-corrected chi connectivity index (χ2v) is 11.8. The minimum absolute atomic E-state index is 0.0864. The fourth-order valence-corrected chi connectivity index (χ4v) is 8.20. The van der Waals surface area contributed by atoms with Gasteiger partial charge in [0.25, 0.3) is 5.91 Å². The second kappa shape index (κ2) is 7.71. The van der Waals surface area contributed by atoms with Crippen molar-refractivity contribution in [3.8, 4) is 0 Å². The van der Waals surface area contributed by atoms with Crippen LogP contribution in [0.4, 0.5) is 5.69 Å². The van der Waals surface area contributed by atoms with Gasteiger partial charge in [0.15, 0.2) is 5.78 Å². The molecule has 3 atom stereocenters. The van der Waals surface area contributed by atoms with Gasteiger partial charge in [-0.2, -0.15) is 0 Å². The summed E-state index contributed by atoms with van der Waals surface area (Å²) in [6, 6.07) is 14.3. The summed E-state index contributed by atoms with van der Waals surface area (Å²) in [7, 11) is 4.08. The van der Waals surface area contributed by atoms with Crippen LogP contribution in [0.3, 0.4) is 0 Å². The van der Waals surface area contributed by atoms with Crippen LogP contribution in [0.15, 0.2) is 58.8 Å². The molecule has 5 nitrogen and oxygen atoms in total. The molecule has 174 valence electrons. The highest BCUT2D eigenvalue weighted by Gasteiger charge is 2.74. The Kier molecular flexibility index (Phi) is 4.97. The third kappa shape index (κ3) is 2.78. The minimum atomic E-state index is -1.07. The average molecular weight is 490 g/mol. The minimum Gasteiger partial charge on any atom is -0.324 e. The van der Waals surface area contributed by atoms with Crippen LogP contribution < -0.4 is 5.32 Å². The standard InChI is InChI=1S/C27H27N3O2S2/c1-17-8-9-22-20(12-17)27(25(32)28-22)26(21(15-30(27)3)23-7-5-11-34-23)16-29(2)14-18(24(26)31)13-19-6-4-10-33-19/h4-13,21H,14-16H2,1-3H3,(H,28,32)/b18-13+. The number of piperidine rings is 1. The number of Topliss-reactive ketones (excluding diaryl/α,β-unsaturated/α-hetero) is 1. The lowest BCUT2D eigenvalue weighted by atomic mass is 9.57. The molecule has 2 saturated heterocycles. The first-order valence-electron chi connectivity index (χ1n) is 11.5. The van der Waals surface area contributed by atoms with Crippen molar-refractivity contribution < 1.29 is 9.59 Å². The van der Waals surface area contributed by atoms with Gasteiger partial charge in [-0.15, -0.1) is 22.7 Å². The highest BCUT2D eigenvalue weighted by Crippen LogP contribution is 2.64. The number of fused-ring (bicyclic) bond motifs is 3. The van der Waals surface area contributed by atoms with Crippen molar-refractivity contribution in [1.82, 2.24) is 9.80 Å². The zero-order chi connectivity index (χ0) is 23.7. The number of amides is 1. The van der Waals surface area contributed by atoms with Gasteiger partial charge in [0.1, 0.15) is 5.54 Å². The monoisotopic (exact) mass is 489 g/mol. The first-order chi connectivity index (χ1) is 16.4. The predicted molar refractivity (Wildman–Crippen MR) is 138 cm³/mol. The van der Waals surface area contributed by atoms with Gasteiger partial charge in [-0.25, -0.2) is 0 Å². The van der Waals surface area contributed by atoms with Crippen molar-refractivity contribution in [2.24, 2.45) is 5.41 Å². The molecule has 0 bridgehead atoms. The van der Waals surface area contributed by atoms with Crippen LogP contribution >= 0.6 is 22.7 Å². The molecule has 1 N–H and O–H groups in total. The van der Waals surface area contributed by atoms with Crippen LogP contribution in [0.5, 0.6) is 0 Å². The Morgan fingerprint density at radius 3 is 2.62 bits per heavy atom. The topological polar surface area (TPSA) is 52.7 Å². The molecule has 6 rings (SSSR count). The summed E-state index contributed by atoms with van der Waals surface area (Å²) in [5.41, 5.74) is 1.61. The van der Waals surface area contributed by atoms with E-state index in [1.54, 1.807) is 22.7 Å². The number of thiophene rings is 2. The van der Waals surface area contributed by atoms with Crippen molar-refractivity contribution in [1.29, 1.82) is 0 Å². The molecule has 34 heavy (non-hydrogen) atoms. The van der Waals surface area contributed by atoms with Crippen molar-refractivity contribution in [3.05, 3.63) is 79.7 Å². The molecule has 3 aliphatic heterocycles. The fourth-order valence-electron chi connectivity index (χ4n) is 6.61. The van der Waals surface area contributed by atoms with Crippen molar-refractivity contribution in [2.75, 3.05) is 39.0 Å². The average Bonchev–Trinajstić information content (AvgIpc) is 3.58. The molecule has 0 saturated carbocycles. The zero-order valence-corrected chi connectivity index (χ0v) is 21.1. The van der Waals surface area contributed by atoms with Gasteiger partial charge in [0.2, 0.25) is 0 Å². The largest absolute Gasteiger partial charge is 0.324 e.